The summed E-state index contributed by atoms with van der Waals surface area (Å²) >= 11 is 0. The fourth-order valence-electron chi connectivity index (χ4n) is 4.94. The van der Waals surface area contributed by atoms with E-state index in [9.17, 15) is 20.1 Å². The van der Waals surface area contributed by atoms with Gasteiger partial charge in [0.1, 0.15) is 39.4 Å². The maximum Gasteiger partial charge on any atom is 0.196 e. The molecular formula is C27H28O6. The number of phenolic OH excluding ortho intramolecular Hbond substituents is 1. The van der Waals surface area contributed by atoms with Crippen molar-refractivity contribution in [2.45, 2.75) is 62.8 Å². The Kier molecular flexibility index (Phi) is 5.30. The van der Waals surface area contributed by atoms with Crippen molar-refractivity contribution < 1.29 is 24.5 Å². The molecule has 2 atom stereocenters. The minimum absolute atomic E-state index is 0.0440. The van der Waals surface area contributed by atoms with Gasteiger partial charge in [0, 0.05) is 30.5 Å². The minimum atomic E-state index is -1.16. The van der Waals surface area contributed by atoms with Crippen LogP contribution in [0.1, 0.15) is 55.9 Å². The summed E-state index contributed by atoms with van der Waals surface area (Å²) in [5.41, 5.74) is -0.881. The monoisotopic (exact) mass is 448 g/mol. The molecule has 0 saturated heterocycles. The van der Waals surface area contributed by atoms with Crippen LogP contribution < -0.4 is 10.2 Å². The van der Waals surface area contributed by atoms with Crippen LogP contribution in [0.2, 0.25) is 0 Å². The van der Waals surface area contributed by atoms with Gasteiger partial charge in [0.2, 0.25) is 0 Å². The third-order valence-corrected chi connectivity index (χ3v) is 7.03. The summed E-state index contributed by atoms with van der Waals surface area (Å²) in [6.07, 6.45) is 6.45. The van der Waals surface area contributed by atoms with Crippen molar-refractivity contribution in [3.05, 3.63) is 75.7 Å². The summed E-state index contributed by atoms with van der Waals surface area (Å²) in [5, 5.41) is 32.7. The van der Waals surface area contributed by atoms with Crippen molar-refractivity contribution in [1.82, 2.24) is 0 Å². The van der Waals surface area contributed by atoms with Crippen LogP contribution in [0.4, 0.5) is 0 Å². The predicted octanol–water partition coefficient (Wildman–Crippen LogP) is 4.42. The van der Waals surface area contributed by atoms with Gasteiger partial charge in [-0.25, -0.2) is 0 Å². The molecule has 0 amide bonds. The number of aliphatic hydroxyl groups excluding tert-OH is 1. The molecule has 0 spiro atoms. The largest absolute Gasteiger partial charge is 0.507 e. The van der Waals surface area contributed by atoms with Crippen molar-refractivity contribution in [3.8, 4) is 11.5 Å². The van der Waals surface area contributed by atoms with Gasteiger partial charge in [0.05, 0.1) is 6.10 Å². The second-order valence-electron chi connectivity index (χ2n) is 9.44. The fraction of sp³-hybridized carbons (Fsp3) is 0.370. The summed E-state index contributed by atoms with van der Waals surface area (Å²) in [5.74, 6) is 0.364. The third-order valence-electron chi connectivity index (χ3n) is 7.03. The highest BCUT2D eigenvalue weighted by Gasteiger charge is 2.41. The van der Waals surface area contributed by atoms with E-state index in [1.807, 2.05) is 49.4 Å². The highest BCUT2D eigenvalue weighted by atomic mass is 16.5. The van der Waals surface area contributed by atoms with Gasteiger partial charge in [-0.3, -0.25) is 4.79 Å². The molecule has 0 unspecified atom stereocenters. The SMILES string of the molecule is C[C@@]1(C/C=C/c2ccccc2)Oc2cc3oc(C4(O)CCCC4)cc(=O)c3c(O)c2C[C@H]1O. The summed E-state index contributed by atoms with van der Waals surface area (Å²) in [7, 11) is 0. The molecule has 3 N–H and O–H groups in total. The van der Waals surface area contributed by atoms with Gasteiger partial charge in [0.15, 0.2) is 5.43 Å². The molecule has 2 aromatic carbocycles. The summed E-state index contributed by atoms with van der Waals surface area (Å²) in [6, 6.07) is 12.7. The Morgan fingerprint density at radius 2 is 1.88 bits per heavy atom. The number of benzene rings is 2. The van der Waals surface area contributed by atoms with Gasteiger partial charge in [-0.1, -0.05) is 42.5 Å². The highest BCUT2D eigenvalue weighted by Crippen LogP contribution is 2.45. The Bertz CT molecular complexity index is 1270. The predicted molar refractivity (Wildman–Crippen MR) is 125 cm³/mol. The average Bonchev–Trinajstić information content (AvgIpc) is 3.23. The van der Waals surface area contributed by atoms with E-state index in [-0.39, 0.29) is 28.9 Å². The lowest BCUT2D eigenvalue weighted by Crippen LogP contribution is -2.48. The van der Waals surface area contributed by atoms with E-state index in [0.29, 0.717) is 30.6 Å². The Balaban J connectivity index is 1.51. The number of hydrogen-bond acceptors (Lipinski definition) is 6. The molecule has 172 valence electrons. The zero-order valence-corrected chi connectivity index (χ0v) is 18.6. The van der Waals surface area contributed by atoms with Gasteiger partial charge in [0.25, 0.3) is 0 Å². The quantitative estimate of drug-likeness (QED) is 0.546. The topological polar surface area (TPSA) is 100 Å². The van der Waals surface area contributed by atoms with Crippen molar-refractivity contribution >= 4 is 17.0 Å². The zero-order chi connectivity index (χ0) is 23.2. The molecule has 1 saturated carbocycles. The molecular weight excluding hydrogens is 420 g/mol. The fourth-order valence-corrected chi connectivity index (χ4v) is 4.94. The number of aromatic hydroxyl groups is 1. The number of rotatable bonds is 4. The molecule has 0 radical (unpaired) electrons. The van der Waals surface area contributed by atoms with E-state index in [2.05, 4.69) is 0 Å². The average molecular weight is 449 g/mol. The van der Waals surface area contributed by atoms with Crippen molar-refractivity contribution in [3.63, 3.8) is 0 Å². The van der Waals surface area contributed by atoms with Gasteiger partial charge >= 0.3 is 0 Å². The van der Waals surface area contributed by atoms with E-state index in [1.165, 1.54) is 6.07 Å². The van der Waals surface area contributed by atoms with Crippen molar-refractivity contribution in [1.29, 1.82) is 0 Å². The molecule has 5 rings (SSSR count). The highest BCUT2D eigenvalue weighted by molar-refractivity contribution is 5.87. The standard InChI is InChI=1S/C27H28O6/c1-26(11-7-10-17-8-3-2-4-9-17)22(29)14-18-20(33-26)16-21-24(25(18)30)19(28)15-23(32-21)27(31)12-5-6-13-27/h2-4,7-10,15-16,22,29-31H,5-6,11-14H2,1H3/b10-7+/t22-,26+/m1/s1. The molecule has 2 heterocycles. The van der Waals surface area contributed by atoms with Gasteiger partial charge in [-0.15, -0.1) is 0 Å². The number of aliphatic hydroxyl groups is 2. The van der Waals surface area contributed by atoms with Crippen LogP contribution in [-0.2, 0) is 12.0 Å². The van der Waals surface area contributed by atoms with Gasteiger partial charge in [-0.2, -0.15) is 0 Å². The van der Waals surface area contributed by atoms with Gasteiger partial charge < -0.3 is 24.5 Å². The van der Waals surface area contributed by atoms with Crippen LogP contribution in [0.15, 0.2) is 57.8 Å². The second-order valence-corrected chi connectivity index (χ2v) is 9.44. The lowest BCUT2D eigenvalue weighted by Gasteiger charge is -2.39. The normalized spacial score (nSPS) is 24.2. The Morgan fingerprint density at radius 1 is 1.15 bits per heavy atom. The van der Waals surface area contributed by atoms with Crippen molar-refractivity contribution in [2.75, 3.05) is 0 Å². The molecule has 1 aromatic heterocycles. The minimum Gasteiger partial charge on any atom is -0.507 e. The third kappa shape index (κ3) is 3.83. The molecule has 3 aromatic rings. The zero-order valence-electron chi connectivity index (χ0n) is 18.6. The van der Waals surface area contributed by atoms with E-state index in [0.717, 1.165) is 18.4 Å². The van der Waals surface area contributed by atoms with Gasteiger partial charge in [-0.05, 0) is 38.2 Å². The van der Waals surface area contributed by atoms with Crippen LogP contribution in [0, 0.1) is 0 Å². The Labute approximate surface area is 191 Å². The van der Waals surface area contributed by atoms with E-state index >= 15 is 0 Å². The van der Waals surface area contributed by atoms with Crippen molar-refractivity contribution in [2.24, 2.45) is 0 Å². The number of hydrogen-bond donors (Lipinski definition) is 3. The smallest absolute Gasteiger partial charge is 0.196 e. The summed E-state index contributed by atoms with van der Waals surface area (Å²) in [4.78, 5) is 12.8. The molecule has 33 heavy (non-hydrogen) atoms. The first-order valence-corrected chi connectivity index (χ1v) is 11.4. The maximum atomic E-state index is 12.8. The van der Waals surface area contributed by atoms with Crippen LogP contribution >= 0.6 is 0 Å². The Morgan fingerprint density at radius 3 is 2.61 bits per heavy atom. The lowest BCUT2D eigenvalue weighted by molar-refractivity contribution is -0.0523. The van der Waals surface area contributed by atoms with Crippen LogP contribution in [0.3, 0.4) is 0 Å². The van der Waals surface area contributed by atoms with E-state index in [4.69, 9.17) is 9.15 Å². The number of phenols is 1. The second kappa shape index (κ2) is 8.04. The molecule has 0 bridgehead atoms. The molecule has 2 aliphatic rings. The first-order chi connectivity index (χ1) is 15.8. The first kappa shape index (κ1) is 21.7. The molecule has 1 aliphatic carbocycles. The van der Waals surface area contributed by atoms with Crippen LogP contribution in [0.5, 0.6) is 11.5 Å². The molecule has 6 heteroatoms. The number of ether oxygens (including phenoxy) is 1. The first-order valence-electron chi connectivity index (χ1n) is 11.4. The molecule has 1 aliphatic heterocycles. The molecule has 6 nitrogen and oxygen atoms in total. The van der Waals surface area contributed by atoms with Crippen LogP contribution in [0.25, 0.3) is 17.0 Å². The van der Waals surface area contributed by atoms with Crippen LogP contribution in [-0.4, -0.2) is 27.0 Å². The Hall–Kier alpha value is -3.09. The maximum absolute atomic E-state index is 12.8. The van der Waals surface area contributed by atoms with E-state index < -0.39 is 22.7 Å². The summed E-state index contributed by atoms with van der Waals surface area (Å²) in [6.45, 7) is 1.82. The number of fused-ring (bicyclic) bond motifs is 2. The van der Waals surface area contributed by atoms with E-state index in [1.54, 1.807) is 6.07 Å². The summed E-state index contributed by atoms with van der Waals surface area (Å²) < 4.78 is 12.1. The lowest BCUT2D eigenvalue weighted by atomic mass is 9.85. The molecule has 1 fully saturated rings.